The number of hydrogen-bond acceptors (Lipinski definition) is 5. The maximum atomic E-state index is 11.0. The highest BCUT2D eigenvalue weighted by molar-refractivity contribution is 5.62. The lowest BCUT2D eigenvalue weighted by Crippen LogP contribution is -2.14. The van der Waals surface area contributed by atoms with Crippen LogP contribution >= 0.6 is 0 Å². The van der Waals surface area contributed by atoms with Gasteiger partial charge in [-0.15, -0.1) is 0 Å². The Labute approximate surface area is 82.1 Å². The van der Waals surface area contributed by atoms with Crippen LogP contribution in [0.15, 0.2) is 18.6 Å². The van der Waals surface area contributed by atoms with E-state index in [1.54, 1.807) is 0 Å². The largest absolute Gasteiger partial charge is 0.515 e. The van der Waals surface area contributed by atoms with Crippen molar-refractivity contribution in [1.82, 2.24) is 9.97 Å². The van der Waals surface area contributed by atoms with Crippen molar-refractivity contribution in [3.63, 3.8) is 0 Å². The smallest absolute Gasteiger partial charge is 0.434 e. The zero-order valence-corrected chi connectivity index (χ0v) is 8.14. The molecule has 14 heavy (non-hydrogen) atoms. The lowest BCUT2D eigenvalue weighted by atomic mass is 10.2. The van der Waals surface area contributed by atoms with Crippen LogP contribution in [0.25, 0.3) is 0 Å². The Hall–Kier alpha value is -1.65. The summed E-state index contributed by atoms with van der Waals surface area (Å²) in [4.78, 5) is 18.4. The van der Waals surface area contributed by atoms with Crippen LogP contribution in [0.5, 0.6) is 5.88 Å². The zero-order chi connectivity index (χ0) is 10.4. The first-order chi connectivity index (χ1) is 6.68. The maximum Gasteiger partial charge on any atom is 0.515 e. The molecule has 0 spiro atoms. The van der Waals surface area contributed by atoms with Gasteiger partial charge in [-0.25, -0.2) is 14.8 Å². The van der Waals surface area contributed by atoms with Crippen LogP contribution in [-0.2, 0) is 4.74 Å². The summed E-state index contributed by atoms with van der Waals surface area (Å²) < 4.78 is 9.54. The second-order valence-electron chi connectivity index (χ2n) is 3.10. The van der Waals surface area contributed by atoms with E-state index in [2.05, 4.69) is 9.97 Å². The first kappa shape index (κ1) is 10.4. The molecule has 5 nitrogen and oxygen atoms in total. The van der Waals surface area contributed by atoms with Crippen molar-refractivity contribution in [2.45, 2.75) is 13.8 Å². The molecule has 0 N–H and O–H groups in total. The minimum atomic E-state index is -0.739. The van der Waals surface area contributed by atoms with Gasteiger partial charge < -0.3 is 9.47 Å². The van der Waals surface area contributed by atoms with Gasteiger partial charge in [0.25, 0.3) is 0 Å². The van der Waals surface area contributed by atoms with E-state index in [9.17, 15) is 4.79 Å². The Morgan fingerprint density at radius 1 is 1.57 bits per heavy atom. The molecule has 0 radical (unpaired) electrons. The molecule has 0 amide bonds. The lowest BCUT2D eigenvalue weighted by molar-refractivity contribution is 0.0871. The molecule has 0 saturated carbocycles. The third-order valence-corrected chi connectivity index (χ3v) is 1.28. The van der Waals surface area contributed by atoms with Crippen LogP contribution in [0, 0.1) is 5.92 Å². The number of rotatable bonds is 3. The number of aromatic nitrogens is 2. The number of ether oxygens (including phenoxy) is 2. The summed E-state index contributed by atoms with van der Waals surface area (Å²) in [5, 5.41) is 0. The fourth-order valence-corrected chi connectivity index (χ4v) is 0.688. The standard InChI is InChI=1S/C9H12N2O3/c1-7(2)5-13-9(12)14-8-3-4-10-6-11-8/h3-4,6-7H,5H2,1-2H3. The molecule has 76 valence electrons. The van der Waals surface area contributed by atoms with Gasteiger partial charge in [-0.1, -0.05) is 13.8 Å². The van der Waals surface area contributed by atoms with Gasteiger partial charge in [-0.2, -0.15) is 0 Å². The topological polar surface area (TPSA) is 61.3 Å². The fourth-order valence-electron chi connectivity index (χ4n) is 0.688. The summed E-state index contributed by atoms with van der Waals surface area (Å²) in [6, 6.07) is 1.48. The van der Waals surface area contributed by atoms with Gasteiger partial charge in [0, 0.05) is 12.3 Å². The number of carbonyl (C=O) groups excluding carboxylic acids is 1. The first-order valence-corrected chi connectivity index (χ1v) is 4.29. The average Bonchev–Trinajstić information content (AvgIpc) is 2.16. The van der Waals surface area contributed by atoms with Crippen LogP contribution in [0.4, 0.5) is 4.79 Å². The van der Waals surface area contributed by atoms with Gasteiger partial charge in [0.15, 0.2) is 0 Å². The number of hydrogen-bond donors (Lipinski definition) is 0. The SMILES string of the molecule is CC(C)COC(=O)Oc1ccncn1. The van der Waals surface area contributed by atoms with Crippen LogP contribution in [0.2, 0.25) is 0 Å². The molecule has 0 aliphatic carbocycles. The van der Waals surface area contributed by atoms with E-state index in [0.29, 0.717) is 6.61 Å². The fraction of sp³-hybridized carbons (Fsp3) is 0.444. The second kappa shape index (κ2) is 5.16. The summed E-state index contributed by atoms with van der Waals surface area (Å²) in [5.74, 6) is 0.474. The molecule has 0 fully saturated rings. The quantitative estimate of drug-likeness (QED) is 0.688. The van der Waals surface area contributed by atoms with Crippen molar-refractivity contribution in [3.05, 3.63) is 18.6 Å². The summed E-state index contributed by atoms with van der Waals surface area (Å²) in [7, 11) is 0. The van der Waals surface area contributed by atoms with Crippen LogP contribution in [0.1, 0.15) is 13.8 Å². The monoisotopic (exact) mass is 196 g/mol. The zero-order valence-electron chi connectivity index (χ0n) is 8.14. The maximum absolute atomic E-state index is 11.0. The summed E-state index contributed by atoms with van der Waals surface area (Å²) in [6.45, 7) is 4.22. The van der Waals surface area contributed by atoms with Gasteiger partial charge in [0.05, 0.1) is 6.61 Å². The van der Waals surface area contributed by atoms with E-state index >= 15 is 0 Å². The predicted molar refractivity (Wildman–Crippen MR) is 48.8 cm³/mol. The normalized spacial score (nSPS) is 9.93. The summed E-state index contributed by atoms with van der Waals surface area (Å²) in [6.07, 6.45) is 2.04. The molecular weight excluding hydrogens is 184 g/mol. The Morgan fingerprint density at radius 2 is 2.36 bits per heavy atom. The molecule has 1 heterocycles. The molecule has 0 aliphatic rings. The van der Waals surface area contributed by atoms with Gasteiger partial charge in [-0.3, -0.25) is 0 Å². The molecular formula is C9H12N2O3. The minimum Gasteiger partial charge on any atom is -0.434 e. The van der Waals surface area contributed by atoms with Crippen LogP contribution in [0.3, 0.4) is 0 Å². The van der Waals surface area contributed by atoms with Crippen molar-refractivity contribution in [2.75, 3.05) is 6.61 Å². The highest BCUT2D eigenvalue weighted by Crippen LogP contribution is 2.03. The summed E-state index contributed by atoms with van der Waals surface area (Å²) >= 11 is 0. The molecule has 5 heteroatoms. The highest BCUT2D eigenvalue weighted by Gasteiger charge is 2.07. The Bertz CT molecular complexity index is 287. The predicted octanol–water partition coefficient (Wildman–Crippen LogP) is 1.65. The molecule has 0 saturated heterocycles. The van der Waals surface area contributed by atoms with Crippen LogP contribution < -0.4 is 4.74 Å². The van der Waals surface area contributed by atoms with Crippen molar-refractivity contribution in [2.24, 2.45) is 5.92 Å². The van der Waals surface area contributed by atoms with E-state index in [1.807, 2.05) is 13.8 Å². The van der Waals surface area contributed by atoms with E-state index < -0.39 is 6.16 Å². The van der Waals surface area contributed by atoms with Crippen LogP contribution in [-0.4, -0.2) is 22.7 Å². The third-order valence-electron chi connectivity index (χ3n) is 1.28. The van der Waals surface area contributed by atoms with Crippen molar-refractivity contribution >= 4 is 6.16 Å². The third kappa shape index (κ3) is 3.84. The number of nitrogens with zero attached hydrogens (tertiary/aromatic N) is 2. The van der Waals surface area contributed by atoms with E-state index in [4.69, 9.17) is 9.47 Å². The van der Waals surface area contributed by atoms with E-state index in [-0.39, 0.29) is 11.8 Å². The molecule has 0 aliphatic heterocycles. The molecule has 1 aromatic heterocycles. The average molecular weight is 196 g/mol. The van der Waals surface area contributed by atoms with Gasteiger partial charge in [0.2, 0.25) is 5.88 Å². The lowest BCUT2D eigenvalue weighted by Gasteiger charge is -2.06. The molecule has 0 aromatic carbocycles. The molecule has 1 rings (SSSR count). The van der Waals surface area contributed by atoms with E-state index in [0.717, 1.165) is 0 Å². The summed E-state index contributed by atoms with van der Waals surface area (Å²) in [5.41, 5.74) is 0. The first-order valence-electron chi connectivity index (χ1n) is 4.29. The Balaban J connectivity index is 2.35. The molecule has 1 aromatic rings. The Morgan fingerprint density at radius 3 is 2.93 bits per heavy atom. The number of carbonyl (C=O) groups is 1. The van der Waals surface area contributed by atoms with Gasteiger partial charge in [0.1, 0.15) is 6.33 Å². The van der Waals surface area contributed by atoms with Crippen molar-refractivity contribution in [3.8, 4) is 5.88 Å². The van der Waals surface area contributed by atoms with Crippen molar-refractivity contribution < 1.29 is 14.3 Å². The minimum absolute atomic E-state index is 0.189. The van der Waals surface area contributed by atoms with Gasteiger partial charge >= 0.3 is 6.16 Å². The molecule has 0 bridgehead atoms. The van der Waals surface area contributed by atoms with E-state index in [1.165, 1.54) is 18.6 Å². The Kier molecular flexibility index (Phi) is 3.84. The molecule has 0 atom stereocenters. The highest BCUT2D eigenvalue weighted by atomic mass is 16.7. The second-order valence-corrected chi connectivity index (χ2v) is 3.10. The van der Waals surface area contributed by atoms with Crippen molar-refractivity contribution in [1.29, 1.82) is 0 Å². The van der Waals surface area contributed by atoms with Gasteiger partial charge in [-0.05, 0) is 5.92 Å². The molecule has 0 unspecified atom stereocenters.